The first kappa shape index (κ1) is 13.4. The topological polar surface area (TPSA) is 50.4 Å². The Morgan fingerprint density at radius 2 is 1.76 bits per heavy atom. The molecule has 0 spiro atoms. The van der Waals surface area contributed by atoms with Gasteiger partial charge in [-0.15, -0.1) is 11.3 Å². The van der Waals surface area contributed by atoms with Crippen LogP contribution in [0, 0.1) is 0 Å². The van der Waals surface area contributed by atoms with Gasteiger partial charge in [0.2, 0.25) is 0 Å². The molecular formula is C17H12O3S. The molecule has 0 aliphatic heterocycles. The van der Waals surface area contributed by atoms with Crippen molar-refractivity contribution >= 4 is 38.4 Å². The highest BCUT2D eigenvalue weighted by atomic mass is 32.1. The number of para-hydroxylation sites is 1. The summed E-state index contributed by atoms with van der Waals surface area (Å²) < 4.78 is 5.97. The fourth-order valence-corrected chi connectivity index (χ4v) is 2.97. The molecule has 1 N–H and O–H groups in total. The summed E-state index contributed by atoms with van der Waals surface area (Å²) in [5.41, 5.74) is 1.35. The Hall–Kier alpha value is -2.59. The smallest absolute Gasteiger partial charge is 0.337 e. The van der Waals surface area contributed by atoms with Gasteiger partial charge < -0.3 is 9.52 Å². The Labute approximate surface area is 125 Å². The standard InChI is InChI=1S/C9H6O2S.C8H6O/c10-9(11)7-3-1-2-6-4-5-12-8(6)7;1-2-4-8-7(3-1)5-6-9-8/h1-5H,(H,10,11);1-6H. The Morgan fingerprint density at radius 1 is 0.952 bits per heavy atom. The van der Waals surface area contributed by atoms with Gasteiger partial charge in [0.1, 0.15) is 5.58 Å². The van der Waals surface area contributed by atoms with Crippen LogP contribution in [-0.2, 0) is 0 Å². The lowest BCUT2D eigenvalue weighted by atomic mass is 10.2. The number of furan rings is 1. The molecule has 0 atom stereocenters. The molecule has 0 unspecified atom stereocenters. The van der Waals surface area contributed by atoms with E-state index in [-0.39, 0.29) is 0 Å². The highest BCUT2D eigenvalue weighted by Crippen LogP contribution is 2.24. The maximum atomic E-state index is 10.7. The number of aromatic carboxylic acids is 1. The molecule has 0 amide bonds. The Kier molecular flexibility index (Phi) is 3.71. The minimum absolute atomic E-state index is 0.391. The van der Waals surface area contributed by atoms with Crippen molar-refractivity contribution in [2.24, 2.45) is 0 Å². The molecule has 4 rings (SSSR count). The fourth-order valence-electron chi connectivity index (χ4n) is 2.07. The van der Waals surface area contributed by atoms with Crippen molar-refractivity contribution in [2.75, 3.05) is 0 Å². The van der Waals surface area contributed by atoms with Gasteiger partial charge in [-0.1, -0.05) is 30.3 Å². The second-order valence-electron chi connectivity index (χ2n) is 4.41. The van der Waals surface area contributed by atoms with Crippen molar-refractivity contribution in [2.45, 2.75) is 0 Å². The predicted octanol–water partition coefficient (Wildman–Crippen LogP) is 5.03. The summed E-state index contributed by atoms with van der Waals surface area (Å²) in [5.74, 6) is -0.858. The van der Waals surface area contributed by atoms with E-state index in [0.29, 0.717) is 5.56 Å². The molecule has 21 heavy (non-hydrogen) atoms. The first-order valence-corrected chi connectivity index (χ1v) is 7.25. The lowest BCUT2D eigenvalue weighted by molar-refractivity contribution is 0.0699. The van der Waals surface area contributed by atoms with Crippen LogP contribution in [0.25, 0.3) is 21.1 Å². The molecule has 3 nitrogen and oxygen atoms in total. The molecule has 0 aliphatic rings. The molecule has 2 aromatic heterocycles. The molecule has 0 saturated heterocycles. The van der Waals surface area contributed by atoms with Gasteiger partial charge >= 0.3 is 5.97 Å². The van der Waals surface area contributed by atoms with Gasteiger partial charge in [0.25, 0.3) is 0 Å². The van der Waals surface area contributed by atoms with Crippen molar-refractivity contribution in [3.8, 4) is 0 Å². The second-order valence-corrected chi connectivity index (χ2v) is 5.32. The van der Waals surface area contributed by atoms with Crippen LogP contribution >= 0.6 is 11.3 Å². The Balaban J connectivity index is 0.000000131. The molecule has 0 fully saturated rings. The monoisotopic (exact) mass is 296 g/mol. The van der Waals surface area contributed by atoms with Crippen molar-refractivity contribution in [3.05, 3.63) is 71.8 Å². The van der Waals surface area contributed by atoms with Gasteiger partial charge in [-0.3, -0.25) is 0 Å². The lowest BCUT2D eigenvalue weighted by Gasteiger charge is -1.94. The average Bonchev–Trinajstić information content (AvgIpc) is 3.16. The quantitative estimate of drug-likeness (QED) is 0.536. The van der Waals surface area contributed by atoms with Gasteiger partial charge in [0.05, 0.1) is 11.8 Å². The minimum Gasteiger partial charge on any atom is -0.478 e. The summed E-state index contributed by atoms with van der Waals surface area (Å²) in [6.45, 7) is 0. The van der Waals surface area contributed by atoms with E-state index in [4.69, 9.17) is 9.52 Å². The number of carbonyl (C=O) groups is 1. The van der Waals surface area contributed by atoms with E-state index < -0.39 is 5.97 Å². The maximum Gasteiger partial charge on any atom is 0.337 e. The summed E-state index contributed by atoms with van der Waals surface area (Å²) in [5, 5.41) is 12.9. The van der Waals surface area contributed by atoms with Crippen LogP contribution in [0.5, 0.6) is 0 Å². The molecular weight excluding hydrogens is 284 g/mol. The summed E-state index contributed by atoms with van der Waals surface area (Å²) in [6, 6.07) is 17.1. The van der Waals surface area contributed by atoms with E-state index in [1.807, 2.05) is 47.8 Å². The van der Waals surface area contributed by atoms with E-state index in [2.05, 4.69) is 0 Å². The summed E-state index contributed by atoms with van der Waals surface area (Å²) in [6.07, 6.45) is 1.70. The number of benzene rings is 2. The molecule has 0 aliphatic carbocycles. The first-order valence-electron chi connectivity index (χ1n) is 6.37. The van der Waals surface area contributed by atoms with Crippen LogP contribution in [0.1, 0.15) is 10.4 Å². The van der Waals surface area contributed by atoms with Crippen LogP contribution in [0.3, 0.4) is 0 Å². The zero-order valence-electron chi connectivity index (χ0n) is 11.0. The zero-order valence-corrected chi connectivity index (χ0v) is 11.8. The summed E-state index contributed by atoms with van der Waals surface area (Å²) in [7, 11) is 0. The van der Waals surface area contributed by atoms with E-state index in [9.17, 15) is 4.79 Å². The molecule has 0 bridgehead atoms. The van der Waals surface area contributed by atoms with Crippen LogP contribution in [0.15, 0.2) is 70.7 Å². The number of rotatable bonds is 1. The van der Waals surface area contributed by atoms with Crippen LogP contribution < -0.4 is 0 Å². The van der Waals surface area contributed by atoms with Gasteiger partial charge in [-0.05, 0) is 35.0 Å². The van der Waals surface area contributed by atoms with Crippen LogP contribution in [-0.4, -0.2) is 11.1 Å². The van der Waals surface area contributed by atoms with Gasteiger partial charge in [-0.25, -0.2) is 4.79 Å². The summed E-state index contributed by atoms with van der Waals surface area (Å²) >= 11 is 1.46. The first-order chi connectivity index (χ1) is 10.3. The van der Waals surface area contributed by atoms with Crippen LogP contribution in [0.4, 0.5) is 0 Å². The number of thiophene rings is 1. The maximum absolute atomic E-state index is 10.7. The van der Waals surface area contributed by atoms with Crippen molar-refractivity contribution in [1.29, 1.82) is 0 Å². The largest absolute Gasteiger partial charge is 0.478 e. The number of carboxylic acids is 1. The second kappa shape index (κ2) is 5.81. The van der Waals surface area contributed by atoms with E-state index in [0.717, 1.165) is 21.1 Å². The fraction of sp³-hybridized carbons (Fsp3) is 0. The normalized spacial score (nSPS) is 10.3. The molecule has 0 radical (unpaired) electrons. The number of carboxylic acid groups (broad SMARTS) is 1. The number of hydrogen-bond acceptors (Lipinski definition) is 3. The van der Waals surface area contributed by atoms with Gasteiger partial charge in [0, 0.05) is 10.1 Å². The molecule has 0 saturated carbocycles. The highest BCUT2D eigenvalue weighted by Gasteiger charge is 2.07. The Bertz CT molecular complexity index is 859. The summed E-state index contributed by atoms with van der Waals surface area (Å²) in [4.78, 5) is 10.7. The average molecular weight is 296 g/mol. The third kappa shape index (κ3) is 2.80. The minimum atomic E-state index is -0.858. The third-order valence-electron chi connectivity index (χ3n) is 3.07. The van der Waals surface area contributed by atoms with Gasteiger partial charge in [-0.2, -0.15) is 0 Å². The zero-order chi connectivity index (χ0) is 14.7. The highest BCUT2D eigenvalue weighted by molar-refractivity contribution is 7.17. The van der Waals surface area contributed by atoms with E-state index in [1.54, 1.807) is 18.4 Å². The lowest BCUT2D eigenvalue weighted by Crippen LogP contribution is -1.94. The molecule has 4 heteroatoms. The number of fused-ring (bicyclic) bond motifs is 2. The Morgan fingerprint density at radius 3 is 2.57 bits per heavy atom. The predicted molar refractivity (Wildman–Crippen MR) is 85.0 cm³/mol. The van der Waals surface area contributed by atoms with Crippen molar-refractivity contribution in [3.63, 3.8) is 0 Å². The molecule has 2 aromatic carbocycles. The number of hydrogen-bond donors (Lipinski definition) is 1. The molecule has 4 aromatic rings. The SMILES string of the molecule is O=C(O)c1cccc2ccsc12.c1ccc2occc2c1. The van der Waals surface area contributed by atoms with Crippen LogP contribution in [0.2, 0.25) is 0 Å². The van der Waals surface area contributed by atoms with E-state index in [1.165, 1.54) is 11.3 Å². The van der Waals surface area contributed by atoms with Crippen molar-refractivity contribution < 1.29 is 14.3 Å². The van der Waals surface area contributed by atoms with Crippen molar-refractivity contribution in [1.82, 2.24) is 0 Å². The third-order valence-corrected chi connectivity index (χ3v) is 4.03. The van der Waals surface area contributed by atoms with E-state index >= 15 is 0 Å². The van der Waals surface area contributed by atoms with Gasteiger partial charge in [0.15, 0.2) is 0 Å². The molecule has 2 heterocycles. The molecule has 104 valence electrons.